The van der Waals surface area contributed by atoms with Gasteiger partial charge in [0.05, 0.1) is 25.0 Å². The molecule has 14 heteroatoms. The number of rotatable bonds is 11. The first-order valence-electron chi connectivity index (χ1n) is 10.4. The average molecular weight is 495 g/mol. The number of aliphatic hydroxyl groups is 1. The Hall–Kier alpha value is -2.09. The van der Waals surface area contributed by atoms with Crippen molar-refractivity contribution in [3.63, 3.8) is 0 Å². The van der Waals surface area contributed by atoms with Gasteiger partial charge in [-0.3, -0.25) is 14.3 Å². The van der Waals surface area contributed by atoms with E-state index in [0.717, 1.165) is 10.6 Å². The van der Waals surface area contributed by atoms with Crippen LogP contribution in [0.15, 0.2) is 21.9 Å². The molecule has 34 heavy (non-hydrogen) atoms. The number of aromatic amines is 1. The number of hydrogen-bond donors (Lipinski definition) is 2. The van der Waals surface area contributed by atoms with Crippen molar-refractivity contribution in [2.45, 2.75) is 76.3 Å². The van der Waals surface area contributed by atoms with Gasteiger partial charge in [0.25, 0.3) is 5.56 Å². The van der Waals surface area contributed by atoms with Crippen molar-refractivity contribution in [3.8, 4) is 12.1 Å². The number of nitrogens with zero attached hydrogens (tertiary/aromatic N) is 3. The molecule has 0 amide bonds. The fourth-order valence-electron chi connectivity index (χ4n) is 3.35. The van der Waals surface area contributed by atoms with Crippen molar-refractivity contribution in [2.24, 2.45) is 0 Å². The van der Waals surface area contributed by atoms with Crippen LogP contribution >= 0.6 is 7.82 Å². The van der Waals surface area contributed by atoms with Crippen LogP contribution in [-0.2, 0) is 23.0 Å². The Labute approximate surface area is 199 Å². The number of aromatic nitrogens is 2. The molecule has 1 unspecified atom stereocenters. The Balaban J connectivity index is 2.25. The molecular weight excluding hydrogens is 466 g/mol. The van der Waals surface area contributed by atoms with Crippen LogP contribution in [0.3, 0.4) is 0 Å². The predicted octanol–water partition coefficient (Wildman–Crippen LogP) is 1.09. The summed E-state index contributed by atoms with van der Waals surface area (Å²) in [6, 6.07) is 5.15. The van der Waals surface area contributed by atoms with Gasteiger partial charge < -0.3 is 14.6 Å². The largest absolute Gasteiger partial charge is 0.488 e. The maximum absolute atomic E-state index is 12.2. The molecular formula is C20H29BN4O8P+. The van der Waals surface area contributed by atoms with E-state index in [-0.39, 0.29) is 19.4 Å². The summed E-state index contributed by atoms with van der Waals surface area (Å²) in [7, 11) is 4.07. The minimum atomic E-state index is -3.64. The smallest absolute Gasteiger partial charge is 0.387 e. The summed E-state index contributed by atoms with van der Waals surface area (Å²) in [6.45, 7) is 6.25. The molecule has 2 radical (unpaired) electrons. The number of hydrogen-bond acceptors (Lipinski definition) is 10. The lowest BCUT2D eigenvalue weighted by Gasteiger charge is -2.33. The van der Waals surface area contributed by atoms with Crippen molar-refractivity contribution in [1.82, 2.24) is 9.55 Å². The first-order chi connectivity index (χ1) is 15.8. The molecule has 0 bridgehead atoms. The Bertz CT molecular complexity index is 1020. The Morgan fingerprint density at radius 2 is 1.76 bits per heavy atom. The van der Waals surface area contributed by atoms with Gasteiger partial charge in [-0.2, -0.15) is 24.1 Å². The number of nitriles is 2. The molecule has 12 nitrogen and oxygen atoms in total. The van der Waals surface area contributed by atoms with Crippen molar-refractivity contribution >= 4 is 15.4 Å². The summed E-state index contributed by atoms with van der Waals surface area (Å²) < 4.78 is 29.8. The molecule has 2 N–H and O–H groups in total. The highest BCUT2D eigenvalue weighted by Crippen LogP contribution is 2.63. The van der Waals surface area contributed by atoms with E-state index in [1.165, 1.54) is 13.3 Å². The molecule has 184 valence electrons. The minimum Gasteiger partial charge on any atom is -0.387 e. The van der Waals surface area contributed by atoms with E-state index in [1.807, 2.05) is 12.1 Å². The fourth-order valence-corrected chi connectivity index (χ4v) is 5.35. The van der Waals surface area contributed by atoms with Crippen LogP contribution in [0.1, 0.15) is 46.8 Å². The minimum absolute atomic E-state index is 0.0111. The maximum atomic E-state index is 12.2. The third kappa shape index (κ3) is 7.21. The van der Waals surface area contributed by atoms with Gasteiger partial charge >= 0.3 is 21.1 Å². The lowest BCUT2D eigenvalue weighted by molar-refractivity contribution is -0.0658. The van der Waals surface area contributed by atoms with Crippen molar-refractivity contribution in [3.05, 3.63) is 33.1 Å². The second kappa shape index (κ2) is 11.1. The normalized spacial score (nSPS) is 23.4. The highest BCUT2D eigenvalue weighted by molar-refractivity contribution is 7.85. The quantitative estimate of drug-likeness (QED) is 0.335. The summed E-state index contributed by atoms with van der Waals surface area (Å²) >= 11 is 0. The van der Waals surface area contributed by atoms with E-state index in [2.05, 4.69) is 4.98 Å². The van der Waals surface area contributed by atoms with E-state index >= 15 is 0 Å². The molecule has 0 aromatic carbocycles. The second-order valence-electron chi connectivity index (χ2n) is 8.98. The second-order valence-corrected chi connectivity index (χ2v) is 10.7. The van der Waals surface area contributed by atoms with Gasteiger partial charge in [0.2, 0.25) is 0 Å². The van der Waals surface area contributed by atoms with Crippen LogP contribution in [0.2, 0.25) is 0 Å². The lowest BCUT2D eigenvalue weighted by Crippen LogP contribution is -2.39. The van der Waals surface area contributed by atoms with Gasteiger partial charge in [-0.15, -0.1) is 0 Å². The molecule has 0 saturated carbocycles. The van der Waals surface area contributed by atoms with Crippen LogP contribution in [0.5, 0.6) is 0 Å². The highest BCUT2D eigenvalue weighted by Gasteiger charge is 2.52. The molecule has 1 fully saturated rings. The molecule has 1 aromatic heterocycles. The number of methoxy groups -OCH3 is 1. The predicted molar refractivity (Wildman–Crippen MR) is 121 cm³/mol. The zero-order chi connectivity index (χ0) is 25.7. The number of nitrogens with one attached hydrogen (secondary N) is 1. The van der Waals surface area contributed by atoms with Gasteiger partial charge in [0.15, 0.2) is 6.23 Å². The standard InChI is InChI=1S/C20H29BN4O8P/c1-19(2,7-9-22)32-34(21,33-20(3,4)8-10-23)30-12-13-15(27)16(29-5)17(31-13)25-11-6-14(26)24-18(25)28/h6,11,13,15-17,27H,7-8,12H2,1-5H3,(H,24,26,28)/q+1/t13-,15?,16+,17-/m1/s1. The first-order valence-corrected chi connectivity index (χ1v) is 12.0. The maximum Gasteiger partial charge on any atom is 0.488 e. The summed E-state index contributed by atoms with van der Waals surface area (Å²) in [5.41, 5.74) is -3.39. The molecule has 1 saturated heterocycles. The molecule has 1 aromatic rings. The van der Waals surface area contributed by atoms with Crippen LogP contribution < -0.4 is 11.2 Å². The SMILES string of the molecule is [B][P+](OC[C@H]1O[C@@H](n2ccc(=O)[nH]c2=O)[C@@H](OC)C1O)(OC(C)(C)CC#N)OC(C)(C)CC#N. The van der Waals surface area contributed by atoms with Crippen molar-refractivity contribution in [2.75, 3.05) is 13.7 Å². The van der Waals surface area contributed by atoms with Gasteiger partial charge in [-0.25, -0.2) is 4.79 Å². The van der Waals surface area contributed by atoms with E-state index < -0.39 is 54.8 Å². The summed E-state index contributed by atoms with van der Waals surface area (Å²) in [4.78, 5) is 25.7. The Morgan fingerprint density at radius 1 is 1.21 bits per heavy atom. The van der Waals surface area contributed by atoms with Crippen LogP contribution in [0.25, 0.3) is 0 Å². The van der Waals surface area contributed by atoms with Crippen molar-refractivity contribution < 1.29 is 28.2 Å². The van der Waals surface area contributed by atoms with Gasteiger partial charge in [-0.05, 0) is 27.7 Å². The van der Waals surface area contributed by atoms with Gasteiger partial charge in [0.1, 0.15) is 36.1 Å². The zero-order valence-electron chi connectivity index (χ0n) is 19.8. The molecule has 2 heterocycles. The zero-order valence-corrected chi connectivity index (χ0v) is 20.7. The fraction of sp³-hybridized carbons (Fsp3) is 0.700. The molecule has 0 aliphatic carbocycles. The highest BCUT2D eigenvalue weighted by atomic mass is 31.2. The van der Waals surface area contributed by atoms with E-state index in [9.17, 15) is 14.7 Å². The first kappa shape index (κ1) is 28.2. The third-order valence-electron chi connectivity index (χ3n) is 4.89. The summed E-state index contributed by atoms with van der Waals surface area (Å²) in [5.74, 6) is 0. The number of aliphatic hydroxyl groups excluding tert-OH is 1. The molecule has 4 atom stereocenters. The molecule has 1 aliphatic rings. The van der Waals surface area contributed by atoms with Crippen LogP contribution in [0, 0.1) is 22.7 Å². The molecule has 0 spiro atoms. The third-order valence-corrected chi connectivity index (χ3v) is 6.89. The summed E-state index contributed by atoms with van der Waals surface area (Å²) in [5, 5.41) is 28.9. The average Bonchev–Trinajstić information content (AvgIpc) is 3.00. The van der Waals surface area contributed by atoms with Crippen molar-refractivity contribution in [1.29, 1.82) is 10.5 Å². The Kier molecular flexibility index (Phi) is 9.19. The Morgan fingerprint density at radius 3 is 2.24 bits per heavy atom. The van der Waals surface area contributed by atoms with Gasteiger partial charge in [0, 0.05) is 19.4 Å². The van der Waals surface area contributed by atoms with Crippen LogP contribution in [0.4, 0.5) is 0 Å². The van der Waals surface area contributed by atoms with Crippen LogP contribution in [-0.4, -0.2) is 65.5 Å². The van der Waals surface area contributed by atoms with E-state index in [1.54, 1.807) is 27.7 Å². The summed E-state index contributed by atoms with van der Waals surface area (Å²) in [6.07, 6.45) is -3.06. The van der Waals surface area contributed by atoms with E-state index in [4.69, 9.17) is 41.1 Å². The molecule has 1 aliphatic heterocycles. The topological polar surface area (TPSA) is 169 Å². The number of H-pyrrole nitrogens is 1. The van der Waals surface area contributed by atoms with Gasteiger partial charge in [-0.1, -0.05) is 0 Å². The lowest BCUT2D eigenvalue weighted by atomic mass is 10.1. The molecule has 2 rings (SSSR count). The van der Waals surface area contributed by atoms with E-state index in [0.29, 0.717) is 0 Å². The number of ether oxygens (including phenoxy) is 2. The monoisotopic (exact) mass is 495 g/mol.